The minimum atomic E-state index is -0.526. The summed E-state index contributed by atoms with van der Waals surface area (Å²) in [4.78, 5) is 11.4. The topological polar surface area (TPSA) is 45.8 Å². The van der Waals surface area contributed by atoms with Crippen molar-refractivity contribution in [2.45, 2.75) is 46.1 Å². The summed E-state index contributed by atoms with van der Waals surface area (Å²) in [5, 5.41) is 9.40. The molecule has 1 aromatic heterocycles. The van der Waals surface area contributed by atoms with E-state index in [0.29, 0.717) is 0 Å². The second-order valence-electron chi connectivity index (χ2n) is 4.16. The summed E-state index contributed by atoms with van der Waals surface area (Å²) in [7, 11) is 0. The van der Waals surface area contributed by atoms with Crippen molar-refractivity contribution in [1.82, 2.24) is 4.57 Å². The fourth-order valence-electron chi connectivity index (χ4n) is 2.31. The molecule has 0 bridgehead atoms. The first-order valence-corrected chi connectivity index (χ1v) is 5.62. The van der Waals surface area contributed by atoms with E-state index in [2.05, 4.69) is 6.07 Å². The van der Waals surface area contributed by atoms with Gasteiger partial charge in [-0.3, -0.25) is 4.79 Å². The molecule has 86 valence electrons. The molecule has 0 saturated heterocycles. The third kappa shape index (κ3) is 1.88. The summed E-state index contributed by atoms with van der Waals surface area (Å²) in [5.41, 5.74) is 1.19. The van der Waals surface area contributed by atoms with Gasteiger partial charge in [0.2, 0.25) is 0 Å². The van der Waals surface area contributed by atoms with E-state index in [9.17, 15) is 10.1 Å². The first-order valence-electron chi connectivity index (χ1n) is 5.62. The van der Waals surface area contributed by atoms with Gasteiger partial charge in [0.25, 0.3) is 0 Å². The highest BCUT2D eigenvalue weighted by molar-refractivity contribution is 5.20. The fraction of sp³-hybridized carbons (Fsp3) is 0.538. The number of hydrogen-bond acceptors (Lipinski definition) is 2. The molecule has 16 heavy (non-hydrogen) atoms. The van der Waals surface area contributed by atoms with Crippen LogP contribution < -0.4 is 5.43 Å². The first kappa shape index (κ1) is 12.5. The molecule has 3 nitrogen and oxygen atoms in total. The van der Waals surface area contributed by atoms with Gasteiger partial charge in [-0.1, -0.05) is 13.8 Å². The Morgan fingerprint density at radius 2 is 1.69 bits per heavy atom. The molecule has 0 fully saturated rings. The van der Waals surface area contributed by atoms with Crippen LogP contribution in [0, 0.1) is 25.2 Å². The maximum Gasteiger partial charge on any atom is 0.182 e. The average molecular weight is 218 g/mol. The van der Waals surface area contributed by atoms with Gasteiger partial charge in [0.05, 0.1) is 6.07 Å². The molecule has 0 amide bonds. The van der Waals surface area contributed by atoms with Gasteiger partial charge in [0.15, 0.2) is 5.43 Å². The zero-order chi connectivity index (χ0) is 12.3. The molecule has 1 rings (SSSR count). The van der Waals surface area contributed by atoms with Gasteiger partial charge in [0, 0.05) is 23.5 Å². The van der Waals surface area contributed by atoms with Gasteiger partial charge in [0.1, 0.15) is 5.54 Å². The summed E-state index contributed by atoms with van der Waals surface area (Å²) in [6.07, 6.45) is 1.48. The lowest BCUT2D eigenvalue weighted by atomic mass is 9.93. The van der Waals surface area contributed by atoms with Crippen molar-refractivity contribution in [1.29, 1.82) is 5.26 Å². The lowest BCUT2D eigenvalue weighted by Gasteiger charge is -2.31. The van der Waals surface area contributed by atoms with Crippen molar-refractivity contribution in [3.8, 4) is 6.07 Å². The lowest BCUT2D eigenvalue weighted by molar-refractivity contribution is 0.340. The van der Waals surface area contributed by atoms with Crippen LogP contribution in [0.1, 0.15) is 38.1 Å². The smallest absolute Gasteiger partial charge is 0.182 e. The van der Waals surface area contributed by atoms with Crippen molar-refractivity contribution >= 4 is 0 Å². The SMILES string of the molecule is CCC(C#N)(CC)n1c(C)cc(=O)cc1C. The van der Waals surface area contributed by atoms with Crippen LogP contribution in [0.15, 0.2) is 16.9 Å². The van der Waals surface area contributed by atoms with Crippen LogP contribution in [0.25, 0.3) is 0 Å². The second kappa shape index (κ2) is 4.52. The van der Waals surface area contributed by atoms with Crippen molar-refractivity contribution in [2.75, 3.05) is 0 Å². The molecular weight excluding hydrogens is 200 g/mol. The number of pyridine rings is 1. The van der Waals surface area contributed by atoms with Gasteiger partial charge in [-0.05, 0) is 26.7 Å². The summed E-state index contributed by atoms with van der Waals surface area (Å²) < 4.78 is 1.98. The summed E-state index contributed by atoms with van der Waals surface area (Å²) >= 11 is 0. The van der Waals surface area contributed by atoms with Gasteiger partial charge >= 0.3 is 0 Å². The minimum absolute atomic E-state index is 0.00490. The summed E-state index contributed by atoms with van der Waals surface area (Å²) in [6.45, 7) is 7.77. The third-order valence-corrected chi connectivity index (χ3v) is 3.21. The first-order chi connectivity index (χ1) is 7.50. The Balaban J connectivity index is 3.55. The number of nitriles is 1. The highest BCUT2D eigenvalue weighted by Gasteiger charge is 2.29. The number of rotatable bonds is 3. The molecule has 0 spiro atoms. The Morgan fingerprint density at radius 1 is 1.25 bits per heavy atom. The van der Waals surface area contributed by atoms with Crippen LogP contribution in [-0.4, -0.2) is 4.57 Å². The van der Waals surface area contributed by atoms with Crippen LogP contribution in [0.4, 0.5) is 0 Å². The van der Waals surface area contributed by atoms with Gasteiger partial charge in [-0.15, -0.1) is 0 Å². The largest absolute Gasteiger partial charge is 0.330 e. The van der Waals surface area contributed by atoms with Crippen LogP contribution >= 0.6 is 0 Å². The van der Waals surface area contributed by atoms with Crippen molar-refractivity contribution in [3.05, 3.63) is 33.7 Å². The van der Waals surface area contributed by atoms with Crippen molar-refractivity contribution < 1.29 is 0 Å². The maximum atomic E-state index is 11.4. The maximum absolute atomic E-state index is 11.4. The van der Waals surface area contributed by atoms with Crippen molar-refractivity contribution in [2.24, 2.45) is 0 Å². The normalized spacial score (nSPS) is 11.2. The molecular formula is C13H18N2O. The van der Waals surface area contributed by atoms with E-state index < -0.39 is 5.54 Å². The Labute approximate surface area is 96.3 Å². The molecule has 0 aliphatic rings. The van der Waals surface area contributed by atoms with Gasteiger partial charge in [-0.25, -0.2) is 0 Å². The second-order valence-corrected chi connectivity index (χ2v) is 4.16. The minimum Gasteiger partial charge on any atom is -0.330 e. The molecule has 0 radical (unpaired) electrons. The van der Waals surface area contributed by atoms with E-state index >= 15 is 0 Å². The highest BCUT2D eigenvalue weighted by atomic mass is 16.1. The Hall–Kier alpha value is -1.56. The van der Waals surface area contributed by atoms with E-state index in [1.54, 1.807) is 12.1 Å². The van der Waals surface area contributed by atoms with Crippen molar-refractivity contribution in [3.63, 3.8) is 0 Å². The van der Waals surface area contributed by atoms with Gasteiger partial charge < -0.3 is 4.57 Å². The van der Waals surface area contributed by atoms with E-state index in [1.807, 2.05) is 32.3 Å². The molecule has 0 saturated carbocycles. The molecule has 1 aromatic rings. The Morgan fingerprint density at radius 3 is 2.00 bits per heavy atom. The molecule has 0 N–H and O–H groups in total. The van der Waals surface area contributed by atoms with Gasteiger partial charge in [-0.2, -0.15) is 5.26 Å². The molecule has 0 atom stereocenters. The molecule has 3 heteroatoms. The molecule has 1 heterocycles. The Bertz CT molecular complexity index is 449. The monoisotopic (exact) mass is 218 g/mol. The Kier molecular flexibility index (Phi) is 3.54. The summed E-state index contributed by atoms with van der Waals surface area (Å²) in [6, 6.07) is 5.57. The molecule has 0 aromatic carbocycles. The lowest BCUT2D eigenvalue weighted by Crippen LogP contribution is -2.34. The molecule has 0 unspecified atom stereocenters. The van der Waals surface area contributed by atoms with Crippen LogP contribution in [0.3, 0.4) is 0 Å². The van der Waals surface area contributed by atoms with Crippen LogP contribution in [0.2, 0.25) is 0 Å². The number of nitrogens with zero attached hydrogens (tertiary/aromatic N) is 2. The van der Waals surface area contributed by atoms with Crippen LogP contribution in [-0.2, 0) is 5.54 Å². The zero-order valence-corrected chi connectivity index (χ0v) is 10.4. The third-order valence-electron chi connectivity index (χ3n) is 3.21. The quantitative estimate of drug-likeness (QED) is 0.782. The number of hydrogen-bond donors (Lipinski definition) is 0. The highest BCUT2D eigenvalue weighted by Crippen LogP contribution is 2.26. The van der Waals surface area contributed by atoms with E-state index in [4.69, 9.17) is 0 Å². The van der Waals surface area contributed by atoms with Crippen LogP contribution in [0.5, 0.6) is 0 Å². The molecule has 0 aliphatic heterocycles. The molecule has 0 aliphatic carbocycles. The number of aryl methyl sites for hydroxylation is 2. The predicted octanol–water partition coefficient (Wildman–Crippen LogP) is 2.50. The van der Waals surface area contributed by atoms with E-state index in [-0.39, 0.29) is 5.43 Å². The standard InChI is InChI=1S/C13H18N2O/c1-5-13(6-2,9-14)15-10(3)7-12(16)8-11(15)4/h7-8H,5-6H2,1-4H3. The fourth-order valence-corrected chi connectivity index (χ4v) is 2.31. The summed E-state index contributed by atoms with van der Waals surface area (Å²) in [5.74, 6) is 0. The number of aromatic nitrogens is 1. The van der Waals surface area contributed by atoms with E-state index in [0.717, 1.165) is 24.2 Å². The average Bonchev–Trinajstić information content (AvgIpc) is 2.23. The van der Waals surface area contributed by atoms with E-state index in [1.165, 1.54) is 0 Å². The predicted molar refractivity (Wildman–Crippen MR) is 64.3 cm³/mol. The zero-order valence-electron chi connectivity index (χ0n) is 10.4.